The second-order valence-corrected chi connectivity index (χ2v) is 4.59. The Labute approximate surface area is 81.9 Å². The molecule has 0 aromatic heterocycles. The van der Waals surface area contributed by atoms with Crippen molar-refractivity contribution in [1.29, 1.82) is 0 Å². The molecule has 0 bridgehead atoms. The van der Waals surface area contributed by atoms with Gasteiger partial charge in [0.15, 0.2) is 0 Å². The van der Waals surface area contributed by atoms with Crippen molar-refractivity contribution in [2.45, 2.75) is 63.6 Å². The normalized spacial score (nSPS) is 37.2. The van der Waals surface area contributed by atoms with E-state index in [2.05, 4.69) is 6.92 Å². The summed E-state index contributed by atoms with van der Waals surface area (Å²) >= 11 is 0. The lowest BCUT2D eigenvalue weighted by Gasteiger charge is -2.18. The van der Waals surface area contributed by atoms with Gasteiger partial charge in [0, 0.05) is 0 Å². The molecule has 1 saturated heterocycles. The van der Waals surface area contributed by atoms with Crippen LogP contribution in [0.5, 0.6) is 0 Å². The van der Waals surface area contributed by atoms with Crippen LogP contribution in [0.2, 0.25) is 0 Å². The molecule has 2 rings (SSSR count). The fourth-order valence-electron chi connectivity index (χ4n) is 2.54. The first-order valence-electron chi connectivity index (χ1n) is 5.85. The molecule has 3 unspecified atom stereocenters. The maximum absolute atomic E-state index is 5.53. The van der Waals surface area contributed by atoms with Crippen LogP contribution < -0.4 is 0 Å². The van der Waals surface area contributed by atoms with Gasteiger partial charge < -0.3 is 4.74 Å². The van der Waals surface area contributed by atoms with Crippen molar-refractivity contribution < 1.29 is 4.74 Å². The molecular weight excluding hydrogens is 160 g/mol. The third kappa shape index (κ3) is 2.70. The zero-order chi connectivity index (χ0) is 9.10. The van der Waals surface area contributed by atoms with E-state index in [9.17, 15) is 0 Å². The minimum absolute atomic E-state index is 0.673. The second kappa shape index (κ2) is 4.45. The molecule has 2 fully saturated rings. The predicted molar refractivity (Wildman–Crippen MR) is 54.4 cm³/mol. The van der Waals surface area contributed by atoms with E-state index in [1.165, 1.54) is 44.9 Å². The summed E-state index contributed by atoms with van der Waals surface area (Å²) in [5.41, 5.74) is 0. The molecular formula is C12H21O. The summed E-state index contributed by atoms with van der Waals surface area (Å²) in [6.07, 6.45) is 12.1. The Morgan fingerprint density at radius 3 is 2.77 bits per heavy atom. The molecule has 0 aromatic rings. The maximum atomic E-state index is 5.53. The lowest BCUT2D eigenvalue weighted by molar-refractivity contribution is 0.344. The van der Waals surface area contributed by atoms with Crippen LogP contribution in [0.25, 0.3) is 0 Å². The number of epoxide rings is 1. The minimum atomic E-state index is 0.673. The highest BCUT2D eigenvalue weighted by atomic mass is 16.6. The van der Waals surface area contributed by atoms with E-state index in [0.29, 0.717) is 12.2 Å². The van der Waals surface area contributed by atoms with Gasteiger partial charge in [-0.1, -0.05) is 39.0 Å². The molecule has 3 atom stereocenters. The quantitative estimate of drug-likeness (QED) is 0.468. The Bertz CT molecular complexity index is 155. The summed E-state index contributed by atoms with van der Waals surface area (Å²) in [7, 11) is 0. The summed E-state index contributed by atoms with van der Waals surface area (Å²) < 4.78 is 5.53. The van der Waals surface area contributed by atoms with Crippen molar-refractivity contribution in [3.63, 3.8) is 0 Å². The molecule has 1 heteroatoms. The Balaban J connectivity index is 1.54. The molecule has 1 nitrogen and oxygen atoms in total. The van der Waals surface area contributed by atoms with Gasteiger partial charge in [-0.05, 0) is 25.2 Å². The van der Waals surface area contributed by atoms with Crippen molar-refractivity contribution in [1.82, 2.24) is 0 Å². The van der Waals surface area contributed by atoms with Crippen molar-refractivity contribution in [3.05, 3.63) is 6.92 Å². The Kier molecular flexibility index (Phi) is 3.26. The van der Waals surface area contributed by atoms with E-state index < -0.39 is 0 Å². The summed E-state index contributed by atoms with van der Waals surface area (Å²) in [5.74, 6) is 0.980. The van der Waals surface area contributed by atoms with Crippen LogP contribution in [-0.2, 0) is 4.74 Å². The van der Waals surface area contributed by atoms with Gasteiger partial charge in [0.2, 0.25) is 0 Å². The molecule has 1 aliphatic heterocycles. The second-order valence-electron chi connectivity index (χ2n) is 4.59. The molecule has 1 saturated carbocycles. The molecule has 13 heavy (non-hydrogen) atoms. The first-order valence-corrected chi connectivity index (χ1v) is 5.85. The van der Waals surface area contributed by atoms with Crippen molar-refractivity contribution in [2.24, 2.45) is 5.92 Å². The summed E-state index contributed by atoms with van der Waals surface area (Å²) in [4.78, 5) is 0. The van der Waals surface area contributed by atoms with Gasteiger partial charge in [-0.2, -0.15) is 0 Å². The number of hydrogen-bond donors (Lipinski definition) is 0. The van der Waals surface area contributed by atoms with Gasteiger partial charge in [-0.15, -0.1) is 0 Å². The van der Waals surface area contributed by atoms with E-state index in [1.807, 2.05) is 0 Å². The van der Waals surface area contributed by atoms with Gasteiger partial charge in [-0.25, -0.2) is 0 Å². The molecule has 0 spiro atoms. The first kappa shape index (κ1) is 9.51. The summed E-state index contributed by atoms with van der Waals surface area (Å²) in [6.45, 7) is 3.87. The average Bonchev–Trinajstić information content (AvgIpc) is 2.90. The zero-order valence-corrected chi connectivity index (χ0v) is 8.50. The molecule has 0 amide bonds. The smallest absolute Gasteiger partial charge is 0.0844 e. The van der Waals surface area contributed by atoms with Crippen LogP contribution in [0.4, 0.5) is 0 Å². The fraction of sp³-hybridized carbons (Fsp3) is 0.917. The lowest BCUT2D eigenvalue weighted by atomic mass is 9.85. The number of fused-ring (bicyclic) bond motifs is 1. The molecule has 1 heterocycles. The van der Waals surface area contributed by atoms with Crippen LogP contribution in [0.15, 0.2) is 0 Å². The third-order valence-corrected chi connectivity index (χ3v) is 3.48. The Morgan fingerprint density at radius 1 is 1.08 bits per heavy atom. The number of unbranched alkanes of at least 4 members (excludes halogenated alkanes) is 3. The largest absolute Gasteiger partial charge is 0.370 e. The van der Waals surface area contributed by atoms with E-state index >= 15 is 0 Å². The SMILES string of the molecule is [CH2]CCCCCC1CCC2OC2C1. The van der Waals surface area contributed by atoms with Gasteiger partial charge in [0.25, 0.3) is 0 Å². The highest BCUT2D eigenvalue weighted by Crippen LogP contribution is 2.41. The fourth-order valence-corrected chi connectivity index (χ4v) is 2.54. The number of rotatable bonds is 5. The molecule has 1 aliphatic carbocycles. The van der Waals surface area contributed by atoms with Crippen molar-refractivity contribution in [3.8, 4) is 0 Å². The molecule has 0 N–H and O–H groups in total. The predicted octanol–water partition coefficient (Wildman–Crippen LogP) is 3.34. The first-order chi connectivity index (χ1) is 6.40. The molecule has 2 aliphatic rings. The Hall–Kier alpha value is -0.0400. The van der Waals surface area contributed by atoms with Crippen molar-refractivity contribution in [2.75, 3.05) is 0 Å². The monoisotopic (exact) mass is 181 g/mol. The van der Waals surface area contributed by atoms with Crippen LogP contribution in [0.3, 0.4) is 0 Å². The van der Waals surface area contributed by atoms with E-state index in [0.717, 1.165) is 12.3 Å². The lowest BCUT2D eigenvalue weighted by Crippen LogP contribution is -2.13. The summed E-state index contributed by atoms with van der Waals surface area (Å²) in [6, 6.07) is 0. The Morgan fingerprint density at radius 2 is 2.00 bits per heavy atom. The standard InChI is InChI=1S/C12H21O/c1-2-3-4-5-6-10-7-8-11-12(9-10)13-11/h10-12H,1-9H2. The maximum Gasteiger partial charge on any atom is 0.0844 e. The molecule has 0 aromatic carbocycles. The zero-order valence-electron chi connectivity index (χ0n) is 8.50. The van der Waals surface area contributed by atoms with Gasteiger partial charge in [0.05, 0.1) is 12.2 Å². The van der Waals surface area contributed by atoms with E-state index in [1.54, 1.807) is 0 Å². The van der Waals surface area contributed by atoms with Gasteiger partial charge in [0.1, 0.15) is 0 Å². The van der Waals surface area contributed by atoms with Crippen LogP contribution in [0.1, 0.15) is 51.4 Å². The highest BCUT2D eigenvalue weighted by molar-refractivity contribution is 4.91. The topological polar surface area (TPSA) is 12.5 Å². The average molecular weight is 181 g/mol. The van der Waals surface area contributed by atoms with Crippen LogP contribution in [0, 0.1) is 12.8 Å². The van der Waals surface area contributed by atoms with Gasteiger partial charge >= 0.3 is 0 Å². The number of ether oxygens (including phenoxy) is 1. The summed E-state index contributed by atoms with van der Waals surface area (Å²) in [5, 5.41) is 0. The van der Waals surface area contributed by atoms with Crippen LogP contribution >= 0.6 is 0 Å². The third-order valence-electron chi connectivity index (χ3n) is 3.48. The molecule has 1 radical (unpaired) electrons. The van der Waals surface area contributed by atoms with Gasteiger partial charge in [-0.3, -0.25) is 0 Å². The number of hydrogen-bond acceptors (Lipinski definition) is 1. The van der Waals surface area contributed by atoms with E-state index in [-0.39, 0.29) is 0 Å². The highest BCUT2D eigenvalue weighted by Gasteiger charge is 2.43. The molecule has 75 valence electrons. The minimum Gasteiger partial charge on any atom is -0.370 e. The van der Waals surface area contributed by atoms with Crippen molar-refractivity contribution >= 4 is 0 Å². The van der Waals surface area contributed by atoms with Crippen LogP contribution in [-0.4, -0.2) is 12.2 Å². The van der Waals surface area contributed by atoms with E-state index in [4.69, 9.17) is 4.74 Å².